The van der Waals surface area contributed by atoms with E-state index < -0.39 is 12.8 Å². The first-order valence-corrected chi connectivity index (χ1v) is 13.6. The molecule has 2 aliphatic heterocycles. The first-order chi connectivity index (χ1) is 20.0. The molecule has 0 bridgehead atoms. The van der Waals surface area contributed by atoms with Crippen LogP contribution in [0.2, 0.25) is 0 Å². The fourth-order valence-electron chi connectivity index (χ4n) is 4.83. The van der Waals surface area contributed by atoms with Crippen molar-refractivity contribution in [2.24, 2.45) is 14.1 Å². The van der Waals surface area contributed by atoms with Gasteiger partial charge >= 0.3 is 0 Å². The molecular formula is C27H34B6N8O2. The van der Waals surface area contributed by atoms with Gasteiger partial charge in [0, 0.05) is 112 Å². The highest BCUT2D eigenvalue weighted by Crippen LogP contribution is 2.33. The number of imidazole rings is 2. The van der Waals surface area contributed by atoms with Gasteiger partial charge in [0.15, 0.2) is 0 Å². The number of anilines is 3. The van der Waals surface area contributed by atoms with Crippen LogP contribution in [-0.4, -0.2) is 80.8 Å². The number of nitrogen functional groups attached to an aromatic ring is 1. The highest BCUT2D eigenvalue weighted by atomic mass is 16.6. The predicted molar refractivity (Wildman–Crippen MR) is 181 cm³/mol. The van der Waals surface area contributed by atoms with Gasteiger partial charge in [-0.05, 0) is 36.1 Å². The number of aryl methyl sites for hydroxylation is 2. The molecule has 8 radical (unpaired) electrons. The lowest BCUT2D eigenvalue weighted by molar-refractivity contribution is -0.384. The van der Waals surface area contributed by atoms with Crippen molar-refractivity contribution < 1.29 is 4.92 Å². The Morgan fingerprint density at radius 2 is 1.30 bits per heavy atom. The molecule has 0 aliphatic carbocycles. The Bertz CT molecular complexity index is 1510. The molecule has 10 nitrogen and oxygen atoms in total. The molecule has 0 unspecified atom stereocenters. The van der Waals surface area contributed by atoms with Gasteiger partial charge in [-0.2, -0.15) is 0 Å². The number of nitro benzene ring substituents is 1. The quantitative estimate of drug-likeness (QED) is 0.164. The van der Waals surface area contributed by atoms with E-state index in [2.05, 4.69) is 38.1 Å². The molecule has 2 aromatic carbocycles. The molecule has 16 heteroatoms. The highest BCUT2D eigenvalue weighted by molar-refractivity contribution is 7.76. The summed E-state index contributed by atoms with van der Waals surface area (Å²) in [4.78, 5) is 23.6. The molecule has 0 amide bonds. The van der Waals surface area contributed by atoms with Crippen molar-refractivity contribution in [1.82, 2.24) is 19.1 Å². The highest BCUT2D eigenvalue weighted by Gasteiger charge is 2.23. The maximum absolute atomic E-state index is 10.8. The summed E-state index contributed by atoms with van der Waals surface area (Å²) in [6.45, 7) is 3.48. The third kappa shape index (κ3) is 9.02. The number of nitrogens with two attached hydrogens (primary N) is 1. The zero-order valence-corrected chi connectivity index (χ0v) is 24.0. The monoisotopic (exact) mass is 568 g/mol. The standard InChI is InChI=1S/C13H14N4O2.C13H16N4.CH4.B6/c1-15-7-11(14-9-15)8-16-5-4-10-2-3-12(17(18)19)6-13(10)16;1-16-7-12(15-9-16)8-17-5-4-10-2-3-11(14)6-13(10)17;;1-5(2)6(3)4/h2-3,6-7,9H,4-5,8H2,1H3;2-3,6-7,9H,4-5,8,14H2,1H3;1H4;. The van der Waals surface area contributed by atoms with Gasteiger partial charge in [0.1, 0.15) is 0 Å². The van der Waals surface area contributed by atoms with Crippen LogP contribution in [-0.2, 0) is 40.0 Å². The van der Waals surface area contributed by atoms with Gasteiger partial charge in [0.25, 0.3) is 5.69 Å². The molecule has 2 N–H and O–H groups in total. The summed E-state index contributed by atoms with van der Waals surface area (Å²) < 4.78 is 3.88. The van der Waals surface area contributed by atoms with E-state index in [0.29, 0.717) is 6.54 Å². The summed E-state index contributed by atoms with van der Waals surface area (Å²) in [6, 6.07) is 11.2. The molecule has 0 saturated carbocycles. The van der Waals surface area contributed by atoms with Crippen LogP contribution in [0.3, 0.4) is 0 Å². The van der Waals surface area contributed by atoms with Gasteiger partial charge in [0.2, 0.25) is 0 Å². The first kappa shape index (κ1) is 33.6. The molecule has 4 aromatic rings. The van der Waals surface area contributed by atoms with E-state index in [4.69, 9.17) is 36.7 Å². The number of hydrogen-bond donors (Lipinski definition) is 1. The largest absolute Gasteiger partial charge is 0.399 e. The van der Waals surface area contributed by atoms with Crippen LogP contribution in [0.1, 0.15) is 29.9 Å². The molecule has 2 aliphatic rings. The Hall–Kier alpha value is -3.95. The van der Waals surface area contributed by atoms with Crippen LogP contribution in [0.15, 0.2) is 61.4 Å². The second-order valence-electron chi connectivity index (χ2n) is 10.5. The van der Waals surface area contributed by atoms with Crippen molar-refractivity contribution in [1.29, 1.82) is 0 Å². The minimum Gasteiger partial charge on any atom is -0.399 e. The Labute approximate surface area is 260 Å². The number of non-ortho nitro benzene ring substituents is 1. The lowest BCUT2D eigenvalue weighted by Crippen LogP contribution is -2.38. The van der Waals surface area contributed by atoms with Gasteiger partial charge in [-0.3, -0.25) is 10.1 Å². The SMILES string of the molecule is C.Cn1cnc(CN2CCc3ccc(N)cc32)c1.Cn1cnc(CN2CCc3ccc([N+](=O)[O-])cc32)c1.[B]B([B])B([B])[B]. The number of benzene rings is 2. The first-order valence-electron chi connectivity index (χ1n) is 13.6. The van der Waals surface area contributed by atoms with Gasteiger partial charge in [0.05, 0.1) is 42.1 Å². The maximum Gasteiger partial charge on any atom is 0.271 e. The zero-order chi connectivity index (χ0) is 30.4. The van der Waals surface area contributed by atoms with Gasteiger partial charge < -0.3 is 24.7 Å². The Morgan fingerprint density at radius 1 is 0.837 bits per heavy atom. The van der Waals surface area contributed by atoms with E-state index >= 15 is 0 Å². The molecule has 6 rings (SSSR count). The van der Waals surface area contributed by atoms with Crippen molar-refractivity contribution in [2.45, 2.75) is 33.4 Å². The molecule has 0 atom stereocenters. The number of aromatic nitrogens is 4. The molecular weight excluding hydrogens is 533 g/mol. The van der Waals surface area contributed by atoms with E-state index in [1.54, 1.807) is 18.5 Å². The molecule has 2 aromatic heterocycles. The Kier molecular flexibility index (Phi) is 11.7. The van der Waals surface area contributed by atoms with Crippen LogP contribution in [0.5, 0.6) is 0 Å². The van der Waals surface area contributed by atoms with E-state index in [0.717, 1.165) is 55.2 Å². The second-order valence-corrected chi connectivity index (χ2v) is 10.5. The van der Waals surface area contributed by atoms with Crippen LogP contribution >= 0.6 is 0 Å². The molecule has 212 valence electrons. The van der Waals surface area contributed by atoms with Crippen molar-refractivity contribution >= 4 is 66.5 Å². The number of nitro groups is 1. The van der Waals surface area contributed by atoms with Crippen molar-refractivity contribution in [3.63, 3.8) is 0 Å². The van der Waals surface area contributed by atoms with Crippen molar-refractivity contribution in [3.05, 3.63) is 94.1 Å². The van der Waals surface area contributed by atoms with Crippen molar-refractivity contribution in [2.75, 3.05) is 28.6 Å². The molecule has 0 saturated heterocycles. The average Bonchev–Trinajstić information content (AvgIpc) is 3.74. The summed E-state index contributed by atoms with van der Waals surface area (Å²) in [6.07, 6.45) is 8.48. The summed E-state index contributed by atoms with van der Waals surface area (Å²) >= 11 is 0. The smallest absolute Gasteiger partial charge is 0.271 e. The number of fused-ring (bicyclic) bond motifs is 2. The number of rotatable bonds is 6. The summed E-state index contributed by atoms with van der Waals surface area (Å²) in [5.74, 6) is 0. The lowest BCUT2D eigenvalue weighted by Gasteiger charge is -2.18. The maximum atomic E-state index is 10.8. The van der Waals surface area contributed by atoms with E-state index in [-0.39, 0.29) is 18.0 Å². The Balaban J connectivity index is 0.000000196. The van der Waals surface area contributed by atoms with Gasteiger partial charge in [-0.1, -0.05) is 19.6 Å². The van der Waals surface area contributed by atoms with E-state index in [1.165, 1.54) is 16.8 Å². The summed E-state index contributed by atoms with van der Waals surface area (Å²) in [7, 11) is 23.8. The normalized spacial score (nSPS) is 12.6. The third-order valence-corrected chi connectivity index (χ3v) is 7.04. The predicted octanol–water partition coefficient (Wildman–Crippen LogP) is 1.81. The fourth-order valence-corrected chi connectivity index (χ4v) is 4.83. The topological polar surface area (TPSA) is 111 Å². The zero-order valence-electron chi connectivity index (χ0n) is 24.0. The van der Waals surface area contributed by atoms with E-state index in [9.17, 15) is 10.1 Å². The molecule has 0 fully saturated rings. The fraction of sp³-hybridized carbons (Fsp3) is 0.333. The van der Waals surface area contributed by atoms with Crippen LogP contribution in [0.4, 0.5) is 22.7 Å². The summed E-state index contributed by atoms with van der Waals surface area (Å²) in [5.41, 5.74) is 13.7. The van der Waals surface area contributed by atoms with Crippen LogP contribution < -0.4 is 15.5 Å². The van der Waals surface area contributed by atoms with Crippen LogP contribution in [0.25, 0.3) is 0 Å². The van der Waals surface area contributed by atoms with E-state index in [1.807, 2.05) is 47.9 Å². The van der Waals surface area contributed by atoms with Crippen LogP contribution in [0, 0.1) is 10.1 Å². The molecule has 43 heavy (non-hydrogen) atoms. The minimum atomic E-state index is -0.593. The number of nitrogens with zero attached hydrogens (tertiary/aromatic N) is 7. The molecule has 0 spiro atoms. The van der Waals surface area contributed by atoms with Crippen molar-refractivity contribution in [3.8, 4) is 0 Å². The average molecular weight is 567 g/mol. The summed E-state index contributed by atoms with van der Waals surface area (Å²) in [5, 5.41) is 10.8. The van der Waals surface area contributed by atoms with Gasteiger partial charge in [-0.15, -0.1) is 0 Å². The lowest BCUT2D eigenvalue weighted by atomic mass is 8.81. The molecule has 4 heterocycles. The second kappa shape index (κ2) is 15.0. The van der Waals surface area contributed by atoms with Gasteiger partial charge in [-0.25, -0.2) is 9.97 Å². The Morgan fingerprint density at radius 3 is 1.72 bits per heavy atom. The minimum absolute atomic E-state index is 0. The third-order valence-electron chi connectivity index (χ3n) is 7.04. The number of hydrogen-bond acceptors (Lipinski definition) is 7.